The maximum atomic E-state index is 10.7. The van der Waals surface area contributed by atoms with Gasteiger partial charge in [-0.25, -0.2) is 0 Å². The molecule has 26 heavy (non-hydrogen) atoms. The minimum absolute atomic E-state index is 0.0413. The van der Waals surface area contributed by atoms with Gasteiger partial charge in [-0.05, 0) is 16.3 Å². The highest BCUT2D eigenvalue weighted by Crippen LogP contribution is 2.20. The van der Waals surface area contributed by atoms with E-state index < -0.39 is 4.92 Å². The van der Waals surface area contributed by atoms with Gasteiger partial charge in [0.1, 0.15) is 12.4 Å². The molecule has 0 saturated carbocycles. The van der Waals surface area contributed by atoms with E-state index in [0.29, 0.717) is 6.67 Å². The molecule has 2 heterocycles. The van der Waals surface area contributed by atoms with Crippen molar-refractivity contribution in [1.82, 2.24) is 19.6 Å². The second-order valence-corrected chi connectivity index (χ2v) is 6.67. The minimum atomic E-state index is -0.411. The largest absolute Gasteiger partial charge is 0.307 e. The van der Waals surface area contributed by atoms with E-state index in [-0.39, 0.29) is 5.69 Å². The van der Waals surface area contributed by atoms with Gasteiger partial charge in [0, 0.05) is 32.7 Å². The van der Waals surface area contributed by atoms with Crippen LogP contribution in [0.3, 0.4) is 0 Å². The highest BCUT2D eigenvalue weighted by atomic mass is 16.6. The van der Waals surface area contributed by atoms with Gasteiger partial charge in [-0.3, -0.25) is 24.6 Å². The molecule has 0 amide bonds. The fourth-order valence-electron chi connectivity index (χ4n) is 3.49. The summed E-state index contributed by atoms with van der Waals surface area (Å²) in [4.78, 5) is 15.1. The number of hydrogen-bond donors (Lipinski definition) is 0. The molecule has 0 bridgehead atoms. The molecule has 7 heteroatoms. The van der Waals surface area contributed by atoms with Crippen molar-refractivity contribution in [2.75, 3.05) is 26.2 Å². The molecule has 1 saturated heterocycles. The van der Waals surface area contributed by atoms with Crippen LogP contribution >= 0.6 is 0 Å². The summed E-state index contributed by atoms with van der Waals surface area (Å²) in [5.41, 5.74) is 1.40. The lowest BCUT2D eigenvalue weighted by Crippen LogP contribution is -2.46. The Morgan fingerprint density at radius 2 is 1.73 bits per heavy atom. The summed E-state index contributed by atoms with van der Waals surface area (Å²) in [6, 6.07) is 15.0. The van der Waals surface area contributed by atoms with Crippen LogP contribution in [0.25, 0.3) is 10.8 Å². The van der Waals surface area contributed by atoms with Gasteiger partial charge >= 0.3 is 5.69 Å². The van der Waals surface area contributed by atoms with Crippen LogP contribution in [0.2, 0.25) is 0 Å². The molecule has 1 fully saturated rings. The van der Waals surface area contributed by atoms with Crippen LogP contribution in [0.4, 0.5) is 5.69 Å². The molecule has 1 aliphatic rings. The molecule has 0 unspecified atom stereocenters. The van der Waals surface area contributed by atoms with E-state index in [1.165, 1.54) is 28.7 Å². The van der Waals surface area contributed by atoms with Crippen molar-refractivity contribution >= 4 is 16.5 Å². The number of aromatic nitrogens is 2. The molecule has 0 spiro atoms. The summed E-state index contributed by atoms with van der Waals surface area (Å²) in [6.45, 7) is 5.36. The Morgan fingerprint density at radius 1 is 1.00 bits per heavy atom. The lowest BCUT2D eigenvalue weighted by molar-refractivity contribution is -0.385. The quantitative estimate of drug-likeness (QED) is 0.522. The van der Waals surface area contributed by atoms with Crippen molar-refractivity contribution in [3.63, 3.8) is 0 Å². The second kappa shape index (κ2) is 7.23. The summed E-state index contributed by atoms with van der Waals surface area (Å²) in [5, 5.41) is 17.4. The smallest absolute Gasteiger partial charge is 0.297 e. The molecule has 4 rings (SSSR count). The van der Waals surface area contributed by atoms with Gasteiger partial charge in [-0.15, -0.1) is 0 Å². The van der Waals surface area contributed by atoms with Gasteiger partial charge in [-0.2, -0.15) is 5.10 Å². The molecule has 0 atom stereocenters. The monoisotopic (exact) mass is 351 g/mol. The number of nitrogens with zero attached hydrogens (tertiary/aromatic N) is 5. The fourth-order valence-corrected chi connectivity index (χ4v) is 3.49. The van der Waals surface area contributed by atoms with Gasteiger partial charge in [-0.1, -0.05) is 42.5 Å². The highest BCUT2D eigenvalue weighted by molar-refractivity contribution is 5.85. The Kier molecular flexibility index (Phi) is 4.64. The summed E-state index contributed by atoms with van der Waals surface area (Å²) in [6.07, 6.45) is 2.79. The summed E-state index contributed by atoms with van der Waals surface area (Å²) in [5.74, 6) is 0. The maximum Gasteiger partial charge on any atom is 0.307 e. The Balaban J connectivity index is 1.35. The van der Waals surface area contributed by atoms with Gasteiger partial charge in [0.05, 0.1) is 11.6 Å². The first-order valence-corrected chi connectivity index (χ1v) is 8.77. The molecule has 0 N–H and O–H groups in total. The zero-order valence-corrected chi connectivity index (χ0v) is 14.5. The van der Waals surface area contributed by atoms with Crippen LogP contribution in [-0.4, -0.2) is 50.7 Å². The minimum Gasteiger partial charge on any atom is -0.297 e. The molecule has 0 aliphatic carbocycles. The van der Waals surface area contributed by atoms with Crippen molar-refractivity contribution in [3.8, 4) is 0 Å². The van der Waals surface area contributed by atoms with Crippen LogP contribution < -0.4 is 0 Å². The van der Waals surface area contributed by atoms with Crippen molar-refractivity contribution in [3.05, 3.63) is 70.5 Å². The van der Waals surface area contributed by atoms with Crippen molar-refractivity contribution in [2.45, 2.75) is 13.2 Å². The molecule has 7 nitrogen and oxygen atoms in total. The van der Waals surface area contributed by atoms with Crippen LogP contribution in [0, 0.1) is 10.1 Å². The fraction of sp³-hybridized carbons (Fsp3) is 0.316. The molecule has 1 aliphatic heterocycles. The molecular weight excluding hydrogens is 330 g/mol. The third-order valence-corrected chi connectivity index (χ3v) is 4.91. The van der Waals surface area contributed by atoms with Gasteiger partial charge < -0.3 is 0 Å². The van der Waals surface area contributed by atoms with Crippen molar-refractivity contribution in [2.24, 2.45) is 0 Å². The molecule has 2 aromatic carbocycles. The van der Waals surface area contributed by atoms with Gasteiger partial charge in [0.2, 0.25) is 0 Å². The van der Waals surface area contributed by atoms with Crippen LogP contribution in [0.15, 0.2) is 54.9 Å². The first-order valence-electron chi connectivity index (χ1n) is 8.77. The molecular formula is C19H21N5O2. The summed E-state index contributed by atoms with van der Waals surface area (Å²) in [7, 11) is 0. The van der Waals surface area contributed by atoms with E-state index >= 15 is 0 Å². The Bertz CT molecular complexity index is 910. The predicted octanol–water partition coefficient (Wildman–Crippen LogP) is 2.72. The number of hydrogen-bond acceptors (Lipinski definition) is 5. The Morgan fingerprint density at radius 3 is 2.50 bits per heavy atom. The number of nitro groups is 1. The third-order valence-electron chi connectivity index (χ3n) is 4.91. The zero-order chi connectivity index (χ0) is 17.9. The lowest BCUT2D eigenvalue weighted by atomic mass is 10.0. The second-order valence-electron chi connectivity index (χ2n) is 6.67. The molecule has 0 radical (unpaired) electrons. The normalized spacial score (nSPS) is 16.2. The van der Waals surface area contributed by atoms with Crippen LogP contribution in [0.5, 0.6) is 0 Å². The summed E-state index contributed by atoms with van der Waals surface area (Å²) < 4.78 is 1.64. The number of benzene rings is 2. The van der Waals surface area contributed by atoms with E-state index in [9.17, 15) is 10.1 Å². The Labute approximate surface area is 151 Å². The van der Waals surface area contributed by atoms with Crippen LogP contribution in [0.1, 0.15) is 5.56 Å². The van der Waals surface area contributed by atoms with E-state index in [1.807, 2.05) is 0 Å². The topological polar surface area (TPSA) is 67.4 Å². The SMILES string of the molecule is O=[N+]([O-])c1cnn(CN2CCN(Cc3cccc4ccccc34)CC2)c1. The number of fused-ring (bicyclic) bond motifs is 1. The lowest BCUT2D eigenvalue weighted by Gasteiger charge is -2.34. The first kappa shape index (κ1) is 16.7. The van der Waals surface area contributed by atoms with E-state index in [1.54, 1.807) is 4.68 Å². The molecule has 134 valence electrons. The van der Waals surface area contributed by atoms with Gasteiger partial charge in [0.15, 0.2) is 0 Å². The maximum absolute atomic E-state index is 10.7. The molecule has 1 aromatic heterocycles. The van der Waals surface area contributed by atoms with Crippen molar-refractivity contribution < 1.29 is 4.92 Å². The Hall–Kier alpha value is -2.77. The van der Waals surface area contributed by atoms with Gasteiger partial charge in [0.25, 0.3) is 0 Å². The van der Waals surface area contributed by atoms with Crippen molar-refractivity contribution in [1.29, 1.82) is 0 Å². The zero-order valence-electron chi connectivity index (χ0n) is 14.5. The highest BCUT2D eigenvalue weighted by Gasteiger charge is 2.19. The van der Waals surface area contributed by atoms with Crippen LogP contribution in [-0.2, 0) is 13.2 Å². The number of piperazine rings is 1. The third kappa shape index (κ3) is 3.58. The predicted molar refractivity (Wildman–Crippen MR) is 99.7 cm³/mol. The van der Waals surface area contributed by atoms with E-state index in [4.69, 9.17) is 0 Å². The average molecular weight is 351 g/mol. The van der Waals surface area contributed by atoms with E-state index in [2.05, 4.69) is 57.4 Å². The number of rotatable bonds is 5. The average Bonchev–Trinajstić information content (AvgIpc) is 3.13. The summed E-state index contributed by atoms with van der Waals surface area (Å²) >= 11 is 0. The first-order chi connectivity index (χ1) is 12.7. The van der Waals surface area contributed by atoms with E-state index in [0.717, 1.165) is 32.7 Å². The standard InChI is InChI=1S/C19H21N5O2/c25-24(26)18-12-20-23(14-18)15-22-10-8-21(9-11-22)13-17-6-3-5-16-4-1-2-7-19(16)17/h1-7,12,14H,8-11,13,15H2. The molecule has 3 aromatic rings.